The second-order valence-electron chi connectivity index (χ2n) is 8.97. The smallest absolute Gasteiger partial charge is 0.166 e. The monoisotopic (exact) mass is 495 g/mol. The summed E-state index contributed by atoms with van der Waals surface area (Å²) in [4.78, 5) is 24.8. The first-order valence-electron chi connectivity index (χ1n) is 12.4. The van der Waals surface area contributed by atoms with Crippen molar-refractivity contribution in [3.63, 3.8) is 0 Å². The summed E-state index contributed by atoms with van der Waals surface area (Å²) in [6.45, 7) is 3.19. The zero-order valence-electron chi connectivity index (χ0n) is 20.9. The fourth-order valence-corrected chi connectivity index (χ4v) is 9.35. The molecule has 4 aromatic rings. The van der Waals surface area contributed by atoms with Crippen LogP contribution in [0.5, 0.6) is 5.75 Å². The van der Waals surface area contributed by atoms with Crippen LogP contribution in [-0.4, -0.2) is 22.8 Å². The van der Waals surface area contributed by atoms with Gasteiger partial charge >= 0.3 is 0 Å². The van der Waals surface area contributed by atoms with Gasteiger partial charge in [0.2, 0.25) is 0 Å². The largest absolute Gasteiger partial charge is 0.506 e. The number of Topliss-reactive ketones (excluding diaryl/α,β-unsaturated/α-hetero) is 2. The van der Waals surface area contributed by atoms with Crippen molar-refractivity contribution in [2.45, 2.75) is 33.1 Å². The molecule has 0 spiro atoms. The number of hydrogen-bond acceptors (Lipinski definition) is 3. The van der Waals surface area contributed by atoms with E-state index in [2.05, 4.69) is 91.0 Å². The minimum atomic E-state index is -1.97. The molecule has 36 heavy (non-hydrogen) atoms. The van der Waals surface area contributed by atoms with E-state index in [1.165, 1.54) is 22.8 Å². The number of phenolic OH excluding ortho intramolecular Hbond substituents is 1. The van der Waals surface area contributed by atoms with Gasteiger partial charge in [0.25, 0.3) is 0 Å². The maximum Gasteiger partial charge on any atom is 0.166 e. The molecule has 0 aliphatic rings. The van der Waals surface area contributed by atoms with Gasteiger partial charge in [-0.1, -0.05) is 67.6 Å². The molecule has 0 bridgehead atoms. The molecular formula is C32H32O3P+. The van der Waals surface area contributed by atoms with Crippen molar-refractivity contribution in [1.82, 2.24) is 0 Å². The lowest BCUT2D eigenvalue weighted by molar-refractivity contribution is 0.0984. The number of benzene rings is 4. The molecule has 4 aromatic carbocycles. The summed E-state index contributed by atoms with van der Waals surface area (Å²) in [5.41, 5.74) is 1.31. The maximum absolute atomic E-state index is 12.8. The molecule has 0 saturated carbocycles. The second kappa shape index (κ2) is 11.5. The summed E-state index contributed by atoms with van der Waals surface area (Å²) >= 11 is 0. The number of carbonyl (C=O) groups is 2. The van der Waals surface area contributed by atoms with Gasteiger partial charge in [-0.2, -0.15) is 0 Å². The molecule has 4 heteroatoms. The van der Waals surface area contributed by atoms with Gasteiger partial charge < -0.3 is 5.11 Å². The average Bonchev–Trinajstić information content (AvgIpc) is 2.92. The summed E-state index contributed by atoms with van der Waals surface area (Å²) < 4.78 is 0. The number of aromatic hydroxyl groups is 1. The topological polar surface area (TPSA) is 54.4 Å². The lowest BCUT2D eigenvalue weighted by Crippen LogP contribution is -2.33. The number of carbonyl (C=O) groups excluding carboxylic acids is 2. The Labute approximate surface area is 214 Å². The van der Waals surface area contributed by atoms with E-state index in [4.69, 9.17) is 0 Å². The highest BCUT2D eigenvalue weighted by Gasteiger charge is 2.44. The molecule has 0 radical (unpaired) electrons. The summed E-state index contributed by atoms with van der Waals surface area (Å²) in [6, 6.07) is 35.6. The first-order chi connectivity index (χ1) is 17.5. The van der Waals surface area contributed by atoms with Gasteiger partial charge in [-0.15, -0.1) is 0 Å². The van der Waals surface area contributed by atoms with Crippen LogP contribution in [0.15, 0.2) is 103 Å². The zero-order valence-corrected chi connectivity index (χ0v) is 21.7. The Balaban J connectivity index is 1.77. The van der Waals surface area contributed by atoms with Gasteiger partial charge in [-0.25, -0.2) is 0 Å². The summed E-state index contributed by atoms with van der Waals surface area (Å²) in [6.07, 6.45) is 2.66. The molecule has 4 rings (SSSR count). The molecule has 0 aliphatic carbocycles. The van der Waals surface area contributed by atoms with E-state index in [0.717, 1.165) is 18.1 Å². The summed E-state index contributed by atoms with van der Waals surface area (Å²) in [5, 5.41) is 14.8. The van der Waals surface area contributed by atoms with Crippen molar-refractivity contribution in [3.8, 4) is 5.75 Å². The molecule has 0 fully saturated rings. The van der Waals surface area contributed by atoms with Gasteiger partial charge in [0.15, 0.2) is 11.6 Å². The first-order valence-corrected chi connectivity index (χ1v) is 14.4. The minimum absolute atomic E-state index is 0.138. The molecule has 0 heterocycles. The van der Waals surface area contributed by atoms with Gasteiger partial charge in [0.1, 0.15) is 28.9 Å². The highest BCUT2D eigenvalue weighted by Crippen LogP contribution is 2.56. The molecular weight excluding hydrogens is 463 g/mol. The summed E-state index contributed by atoms with van der Waals surface area (Å²) in [5.74, 6) is -0.561. The van der Waals surface area contributed by atoms with Gasteiger partial charge in [-0.3, -0.25) is 9.59 Å². The Morgan fingerprint density at radius 3 is 1.61 bits per heavy atom. The van der Waals surface area contributed by atoms with E-state index in [0.29, 0.717) is 12.0 Å². The van der Waals surface area contributed by atoms with Crippen LogP contribution in [0.1, 0.15) is 53.0 Å². The van der Waals surface area contributed by atoms with Crippen molar-refractivity contribution in [2.75, 3.05) is 6.16 Å². The predicted octanol–water partition coefficient (Wildman–Crippen LogP) is 6.11. The number of rotatable bonds is 10. The van der Waals surface area contributed by atoms with E-state index in [9.17, 15) is 14.7 Å². The SMILES string of the molecule is CCC(=O)c1c(CCC[P+](c2ccccc2)(c2ccccc2)c2ccccc2)ccc(C(C)=O)c1O. The number of phenols is 1. The van der Waals surface area contributed by atoms with Crippen molar-refractivity contribution in [1.29, 1.82) is 0 Å². The van der Waals surface area contributed by atoms with Crippen molar-refractivity contribution in [2.24, 2.45) is 0 Å². The quantitative estimate of drug-likeness (QED) is 0.213. The summed E-state index contributed by atoms with van der Waals surface area (Å²) in [7, 11) is -1.97. The molecule has 0 aromatic heterocycles. The third-order valence-corrected chi connectivity index (χ3v) is 11.3. The van der Waals surface area contributed by atoms with Crippen LogP contribution < -0.4 is 15.9 Å². The van der Waals surface area contributed by atoms with Crippen LogP contribution >= 0.6 is 7.26 Å². The van der Waals surface area contributed by atoms with E-state index >= 15 is 0 Å². The highest BCUT2D eigenvalue weighted by atomic mass is 31.2. The van der Waals surface area contributed by atoms with E-state index in [1.807, 2.05) is 6.07 Å². The van der Waals surface area contributed by atoms with Gasteiger partial charge in [-0.05, 0) is 67.8 Å². The van der Waals surface area contributed by atoms with Crippen LogP contribution in [0.4, 0.5) is 0 Å². The fraction of sp³-hybridized carbons (Fsp3) is 0.188. The van der Waals surface area contributed by atoms with E-state index in [-0.39, 0.29) is 29.3 Å². The highest BCUT2D eigenvalue weighted by molar-refractivity contribution is 7.95. The Hall–Kier alpha value is -3.55. The number of ketones is 2. The molecule has 182 valence electrons. The molecule has 1 N–H and O–H groups in total. The molecule has 0 unspecified atom stereocenters. The Kier molecular flexibility index (Phi) is 8.13. The van der Waals surface area contributed by atoms with Crippen LogP contribution in [0.2, 0.25) is 0 Å². The van der Waals surface area contributed by atoms with Crippen LogP contribution in [0, 0.1) is 0 Å². The Morgan fingerprint density at radius 1 is 0.722 bits per heavy atom. The lowest BCUT2D eigenvalue weighted by Gasteiger charge is -2.28. The third-order valence-electron chi connectivity index (χ3n) is 6.77. The normalized spacial score (nSPS) is 11.3. The average molecular weight is 496 g/mol. The lowest BCUT2D eigenvalue weighted by atomic mass is 9.94. The maximum atomic E-state index is 12.8. The second-order valence-corrected chi connectivity index (χ2v) is 12.6. The van der Waals surface area contributed by atoms with Crippen molar-refractivity contribution < 1.29 is 14.7 Å². The fourth-order valence-electron chi connectivity index (χ4n) is 5.00. The molecule has 0 saturated heterocycles. The third kappa shape index (κ3) is 5.03. The van der Waals surface area contributed by atoms with E-state index < -0.39 is 7.26 Å². The Bertz CT molecular complexity index is 1240. The minimum Gasteiger partial charge on any atom is -0.506 e. The molecule has 0 atom stereocenters. The van der Waals surface area contributed by atoms with Gasteiger partial charge in [0.05, 0.1) is 17.3 Å². The number of hydrogen-bond donors (Lipinski definition) is 1. The van der Waals surface area contributed by atoms with Crippen LogP contribution in [0.25, 0.3) is 0 Å². The van der Waals surface area contributed by atoms with Crippen molar-refractivity contribution in [3.05, 3.63) is 120 Å². The standard InChI is InChI=1S/C32H31O3P/c1-3-30(34)31-25(21-22-29(24(2)33)32(31)35)14-13-23-36(26-15-7-4-8-16-26,27-17-9-5-10-18-27)28-19-11-6-12-20-28/h4-12,15-22H,3,13-14,23H2,1-2H3/p+1. The number of aryl methyl sites for hydroxylation is 1. The van der Waals surface area contributed by atoms with Crippen LogP contribution in [-0.2, 0) is 6.42 Å². The van der Waals surface area contributed by atoms with Gasteiger partial charge in [0, 0.05) is 6.42 Å². The zero-order chi connectivity index (χ0) is 25.5. The molecule has 0 aliphatic heterocycles. The first kappa shape index (κ1) is 25.5. The molecule has 0 amide bonds. The molecule has 3 nitrogen and oxygen atoms in total. The van der Waals surface area contributed by atoms with E-state index in [1.54, 1.807) is 13.0 Å². The van der Waals surface area contributed by atoms with Crippen LogP contribution in [0.3, 0.4) is 0 Å². The Morgan fingerprint density at radius 2 is 1.19 bits per heavy atom. The van der Waals surface area contributed by atoms with Crippen molar-refractivity contribution >= 4 is 34.7 Å². The predicted molar refractivity (Wildman–Crippen MR) is 151 cm³/mol.